The summed E-state index contributed by atoms with van der Waals surface area (Å²) in [4.78, 5) is 31.9. The van der Waals surface area contributed by atoms with Crippen molar-refractivity contribution in [2.45, 2.75) is 19.0 Å². The molecule has 0 bridgehead atoms. The zero-order chi connectivity index (χ0) is 22.2. The first-order valence-corrected chi connectivity index (χ1v) is 10.4. The number of amides is 1. The molecule has 2 aliphatic heterocycles. The first-order valence-electron chi connectivity index (χ1n) is 10.4. The molecule has 1 amide bonds. The van der Waals surface area contributed by atoms with Gasteiger partial charge in [-0.2, -0.15) is 0 Å². The van der Waals surface area contributed by atoms with E-state index >= 15 is 0 Å². The first-order chi connectivity index (χ1) is 15.0. The maximum atomic E-state index is 12.6. The summed E-state index contributed by atoms with van der Waals surface area (Å²) < 4.78 is 5.32. The molecule has 166 valence electrons. The summed E-state index contributed by atoms with van der Waals surface area (Å²) in [6, 6.07) is 13.0. The molecule has 1 aromatic carbocycles. The van der Waals surface area contributed by atoms with E-state index in [2.05, 4.69) is 53.1 Å². The van der Waals surface area contributed by atoms with E-state index in [-0.39, 0.29) is 12.4 Å². The topological polar surface area (TPSA) is 86.2 Å². The van der Waals surface area contributed by atoms with Gasteiger partial charge in [-0.05, 0) is 36.7 Å². The molecule has 1 aromatic heterocycles. The van der Waals surface area contributed by atoms with Crippen LogP contribution in [0, 0.1) is 0 Å². The average molecular weight is 427 g/mol. The number of nitrogens with zero attached hydrogens (tertiary/aromatic N) is 4. The van der Waals surface area contributed by atoms with Crippen molar-refractivity contribution in [2.24, 2.45) is 0 Å². The van der Waals surface area contributed by atoms with E-state index in [1.807, 2.05) is 17.0 Å². The third-order valence-electron chi connectivity index (χ3n) is 5.79. The number of carbonyl (C=O) groups is 2. The van der Waals surface area contributed by atoms with Crippen LogP contribution in [0.1, 0.15) is 21.5 Å². The number of anilines is 1. The molecule has 1 fully saturated rings. The quantitative estimate of drug-likeness (QED) is 0.746. The number of morpholine rings is 1. The van der Waals surface area contributed by atoms with Crippen molar-refractivity contribution in [3.05, 3.63) is 59.3 Å². The van der Waals surface area contributed by atoms with Gasteiger partial charge in [-0.15, -0.1) is 0 Å². The molecule has 4 rings (SSSR count). The third-order valence-corrected chi connectivity index (χ3v) is 5.79. The van der Waals surface area contributed by atoms with Crippen LogP contribution in [0.4, 0.5) is 5.82 Å². The maximum Gasteiger partial charge on any atom is 0.290 e. The van der Waals surface area contributed by atoms with Crippen molar-refractivity contribution in [1.29, 1.82) is 0 Å². The highest BCUT2D eigenvalue weighted by Gasteiger charge is 2.25. The van der Waals surface area contributed by atoms with Gasteiger partial charge in [0.1, 0.15) is 5.82 Å². The Morgan fingerprint density at radius 2 is 1.90 bits per heavy atom. The lowest BCUT2D eigenvalue weighted by molar-refractivity contribution is -0.122. The number of hydrogen-bond donors (Lipinski definition) is 1. The van der Waals surface area contributed by atoms with Gasteiger partial charge in [0.25, 0.3) is 12.4 Å². The maximum absolute atomic E-state index is 12.6. The van der Waals surface area contributed by atoms with Crippen molar-refractivity contribution < 1.29 is 19.4 Å². The van der Waals surface area contributed by atoms with Crippen LogP contribution in [0.15, 0.2) is 42.6 Å². The normalized spacial score (nSPS) is 18.4. The van der Waals surface area contributed by atoms with Crippen LogP contribution in [-0.2, 0) is 22.5 Å². The van der Waals surface area contributed by atoms with Crippen molar-refractivity contribution in [1.82, 2.24) is 14.8 Å². The minimum Gasteiger partial charge on any atom is -0.483 e. The van der Waals surface area contributed by atoms with Crippen molar-refractivity contribution in [3.63, 3.8) is 0 Å². The Labute approximate surface area is 183 Å². The monoisotopic (exact) mass is 426 g/mol. The Bertz CT molecular complexity index is 868. The summed E-state index contributed by atoms with van der Waals surface area (Å²) >= 11 is 0. The number of likely N-dealkylation sites (N-methyl/N-ethyl adjacent to an activating group) is 2. The molecule has 3 heterocycles. The largest absolute Gasteiger partial charge is 0.483 e. The van der Waals surface area contributed by atoms with Crippen LogP contribution >= 0.6 is 0 Å². The predicted molar refractivity (Wildman–Crippen MR) is 118 cm³/mol. The van der Waals surface area contributed by atoms with E-state index in [1.54, 1.807) is 6.20 Å². The zero-order valence-electron chi connectivity index (χ0n) is 18.1. The molecule has 1 atom stereocenters. The van der Waals surface area contributed by atoms with E-state index in [1.165, 1.54) is 11.1 Å². The lowest BCUT2D eigenvalue weighted by Gasteiger charge is -2.36. The summed E-state index contributed by atoms with van der Waals surface area (Å²) in [5, 5.41) is 6.89. The Kier molecular flexibility index (Phi) is 7.97. The highest BCUT2D eigenvalue weighted by Crippen LogP contribution is 2.23. The minimum atomic E-state index is -0.250. The van der Waals surface area contributed by atoms with Crippen molar-refractivity contribution in [3.8, 4) is 0 Å². The van der Waals surface area contributed by atoms with Gasteiger partial charge in [0.05, 0.1) is 18.8 Å². The Morgan fingerprint density at radius 3 is 2.55 bits per heavy atom. The fourth-order valence-electron chi connectivity index (χ4n) is 4.02. The van der Waals surface area contributed by atoms with Gasteiger partial charge in [-0.1, -0.05) is 24.3 Å². The predicted octanol–water partition coefficient (Wildman–Crippen LogP) is 1.75. The van der Waals surface area contributed by atoms with E-state index in [9.17, 15) is 4.79 Å². The highest BCUT2D eigenvalue weighted by atomic mass is 16.5. The first kappa shape index (κ1) is 22.7. The number of rotatable bonds is 4. The standard InChI is InChI=1S/C22H28N4O2.CH2O2/c1-24-15-19-6-4-3-5-17(19)13-20(24)16-25(2)21-8-7-18(14-23-21)22(27)26-9-11-28-12-10-26;2-1-3/h3-8,14,20H,9-13,15-16H2,1-2H3;1H,(H,2,3). The fourth-order valence-corrected chi connectivity index (χ4v) is 4.02. The molecule has 0 aliphatic carbocycles. The fraction of sp³-hybridized carbons (Fsp3) is 0.435. The highest BCUT2D eigenvalue weighted by molar-refractivity contribution is 5.94. The van der Waals surface area contributed by atoms with Gasteiger partial charge in [0.15, 0.2) is 0 Å². The molecular weight excluding hydrogens is 396 g/mol. The van der Waals surface area contributed by atoms with E-state index in [0.717, 1.165) is 25.3 Å². The lowest BCUT2D eigenvalue weighted by atomic mass is 9.94. The van der Waals surface area contributed by atoms with E-state index < -0.39 is 0 Å². The summed E-state index contributed by atoms with van der Waals surface area (Å²) in [5.41, 5.74) is 3.51. The summed E-state index contributed by atoms with van der Waals surface area (Å²) in [7, 11) is 4.26. The molecule has 2 aliphatic rings. The van der Waals surface area contributed by atoms with Crippen LogP contribution in [0.2, 0.25) is 0 Å². The molecule has 0 radical (unpaired) electrons. The Balaban J connectivity index is 0.000000858. The summed E-state index contributed by atoms with van der Waals surface area (Å²) in [6.07, 6.45) is 2.74. The number of ether oxygens (including phenoxy) is 1. The van der Waals surface area contributed by atoms with Gasteiger partial charge in [0.2, 0.25) is 0 Å². The van der Waals surface area contributed by atoms with Crippen molar-refractivity contribution in [2.75, 3.05) is 51.8 Å². The minimum absolute atomic E-state index is 0.0358. The second kappa shape index (κ2) is 10.9. The Morgan fingerprint density at radius 1 is 1.23 bits per heavy atom. The smallest absolute Gasteiger partial charge is 0.290 e. The van der Waals surface area contributed by atoms with Gasteiger partial charge in [-0.25, -0.2) is 4.98 Å². The second-order valence-corrected chi connectivity index (χ2v) is 7.84. The van der Waals surface area contributed by atoms with Crippen LogP contribution < -0.4 is 4.90 Å². The van der Waals surface area contributed by atoms with Crippen molar-refractivity contribution >= 4 is 18.2 Å². The van der Waals surface area contributed by atoms with Gasteiger partial charge in [0, 0.05) is 45.5 Å². The van der Waals surface area contributed by atoms with E-state index in [0.29, 0.717) is 37.9 Å². The summed E-state index contributed by atoms with van der Waals surface area (Å²) in [6.45, 7) is 4.14. The molecule has 0 saturated carbocycles. The van der Waals surface area contributed by atoms with E-state index in [4.69, 9.17) is 14.6 Å². The number of carbonyl (C=O) groups excluding carboxylic acids is 1. The zero-order valence-corrected chi connectivity index (χ0v) is 18.1. The molecule has 0 spiro atoms. The number of aromatic nitrogens is 1. The van der Waals surface area contributed by atoms with Gasteiger partial charge in [-0.3, -0.25) is 14.5 Å². The van der Waals surface area contributed by atoms with Gasteiger partial charge >= 0.3 is 0 Å². The Hall–Kier alpha value is -2.97. The van der Waals surface area contributed by atoms with Crippen LogP contribution in [0.3, 0.4) is 0 Å². The van der Waals surface area contributed by atoms with Crippen LogP contribution in [0.25, 0.3) is 0 Å². The number of pyridine rings is 1. The molecule has 8 heteroatoms. The van der Waals surface area contributed by atoms with Crippen LogP contribution in [0.5, 0.6) is 0 Å². The van der Waals surface area contributed by atoms with Crippen LogP contribution in [-0.4, -0.2) is 85.3 Å². The number of carboxylic acid groups (broad SMARTS) is 1. The van der Waals surface area contributed by atoms with Gasteiger partial charge < -0.3 is 19.6 Å². The number of hydrogen-bond acceptors (Lipinski definition) is 6. The molecule has 31 heavy (non-hydrogen) atoms. The lowest BCUT2D eigenvalue weighted by Crippen LogP contribution is -2.45. The molecule has 2 aromatic rings. The number of fused-ring (bicyclic) bond motifs is 1. The molecule has 8 nitrogen and oxygen atoms in total. The summed E-state index contributed by atoms with van der Waals surface area (Å²) in [5.74, 6) is 0.930. The molecular formula is C23H30N4O4. The second-order valence-electron chi connectivity index (χ2n) is 7.84. The molecule has 1 saturated heterocycles. The average Bonchev–Trinajstić information content (AvgIpc) is 2.80. The number of benzene rings is 1. The molecule has 1 unspecified atom stereocenters. The SMILES string of the molecule is CN(CC1Cc2ccccc2CN1C)c1ccc(C(=O)N2CCOCC2)cn1.O=CO. The third kappa shape index (κ3) is 5.80. The molecule has 1 N–H and O–H groups in total.